The minimum atomic E-state index is -0.247. The number of hydrogen-bond acceptors (Lipinski definition) is 5. The summed E-state index contributed by atoms with van der Waals surface area (Å²) >= 11 is 1.70. The van der Waals surface area contributed by atoms with E-state index in [4.69, 9.17) is 9.47 Å². The zero-order chi connectivity index (χ0) is 20.4. The molecule has 0 fully saturated rings. The first kappa shape index (κ1) is 19.5. The topological polar surface area (TPSA) is 42.0 Å². The van der Waals surface area contributed by atoms with Crippen molar-refractivity contribution >= 4 is 28.6 Å². The maximum Gasteiger partial charge on any atom is 0.262 e. The number of methoxy groups -OCH3 is 1. The van der Waals surface area contributed by atoms with Crippen LogP contribution in [-0.2, 0) is 4.74 Å². The number of benzene rings is 2. The van der Waals surface area contributed by atoms with Crippen LogP contribution in [0.25, 0.3) is 0 Å². The van der Waals surface area contributed by atoms with Gasteiger partial charge in [0.25, 0.3) is 5.91 Å². The standard InChI is InChI=1S/C23H24N2O3S/c1-16-12-13-21(29-16)22-24(2)18-9-5-4-8-17(18)23(26)25(22)19-10-6-7-11-20(19)28-15-14-27-3/h4-13,22H,14-15H2,1-3H3. The Kier molecular flexibility index (Phi) is 5.56. The van der Waals surface area contributed by atoms with Gasteiger partial charge in [-0.25, -0.2) is 0 Å². The summed E-state index contributed by atoms with van der Waals surface area (Å²) in [6.45, 7) is 2.99. The third-order valence-corrected chi connectivity index (χ3v) is 6.07. The van der Waals surface area contributed by atoms with Gasteiger partial charge in [0.05, 0.1) is 23.5 Å². The predicted molar refractivity (Wildman–Crippen MR) is 117 cm³/mol. The fourth-order valence-electron chi connectivity index (χ4n) is 3.67. The van der Waals surface area contributed by atoms with Crippen molar-refractivity contribution in [2.45, 2.75) is 13.1 Å². The second kappa shape index (κ2) is 8.27. The van der Waals surface area contributed by atoms with E-state index in [-0.39, 0.29) is 12.1 Å². The van der Waals surface area contributed by atoms with E-state index in [1.165, 1.54) is 4.88 Å². The van der Waals surface area contributed by atoms with Gasteiger partial charge in [0, 0.05) is 23.9 Å². The van der Waals surface area contributed by atoms with Crippen molar-refractivity contribution in [1.82, 2.24) is 0 Å². The van der Waals surface area contributed by atoms with Gasteiger partial charge in [0.2, 0.25) is 0 Å². The first-order valence-electron chi connectivity index (χ1n) is 9.54. The molecule has 0 N–H and O–H groups in total. The molecule has 0 saturated heterocycles. The zero-order valence-corrected chi connectivity index (χ0v) is 17.6. The number of fused-ring (bicyclic) bond motifs is 1. The Bertz CT molecular complexity index is 1020. The van der Waals surface area contributed by atoms with Crippen LogP contribution in [0.4, 0.5) is 11.4 Å². The summed E-state index contributed by atoms with van der Waals surface area (Å²) in [7, 11) is 3.68. The number of ether oxygens (including phenoxy) is 2. The van der Waals surface area contributed by atoms with Crippen LogP contribution in [-0.4, -0.2) is 33.3 Å². The smallest absolute Gasteiger partial charge is 0.262 e. The van der Waals surface area contributed by atoms with E-state index in [1.807, 2.05) is 60.5 Å². The van der Waals surface area contributed by atoms with Crippen LogP contribution in [0.2, 0.25) is 0 Å². The molecule has 0 spiro atoms. The number of carbonyl (C=O) groups is 1. The van der Waals surface area contributed by atoms with Gasteiger partial charge < -0.3 is 14.4 Å². The predicted octanol–water partition coefficient (Wildman–Crippen LogP) is 4.88. The van der Waals surface area contributed by atoms with Crippen LogP contribution in [0.1, 0.15) is 26.3 Å². The summed E-state index contributed by atoms with van der Waals surface area (Å²) in [5.74, 6) is 0.640. The summed E-state index contributed by atoms with van der Waals surface area (Å²) in [6, 6.07) is 19.6. The third-order valence-electron chi connectivity index (χ3n) is 5.03. The van der Waals surface area contributed by atoms with Crippen LogP contribution < -0.4 is 14.5 Å². The monoisotopic (exact) mass is 408 g/mol. The largest absolute Gasteiger partial charge is 0.489 e. The summed E-state index contributed by atoms with van der Waals surface area (Å²) < 4.78 is 11.1. The SMILES string of the molecule is COCCOc1ccccc1N1C(=O)c2ccccc2N(C)C1c1ccc(C)s1. The number of carbonyl (C=O) groups excluding carboxylic acids is 1. The van der Waals surface area contributed by atoms with Crippen molar-refractivity contribution in [3.63, 3.8) is 0 Å². The lowest BCUT2D eigenvalue weighted by Gasteiger charge is -2.43. The number of nitrogens with zero attached hydrogens (tertiary/aromatic N) is 2. The maximum atomic E-state index is 13.7. The Morgan fingerprint density at radius 1 is 0.966 bits per heavy atom. The van der Waals surface area contributed by atoms with Crippen LogP contribution in [0.5, 0.6) is 5.75 Å². The molecule has 150 valence electrons. The van der Waals surface area contributed by atoms with E-state index in [1.54, 1.807) is 18.4 Å². The molecule has 0 radical (unpaired) electrons. The molecule has 0 saturated carbocycles. The molecule has 4 rings (SSSR count). The normalized spacial score (nSPS) is 16.1. The average Bonchev–Trinajstić information content (AvgIpc) is 3.17. The summed E-state index contributed by atoms with van der Waals surface area (Å²) in [5, 5.41) is 0. The molecule has 2 aromatic carbocycles. The molecule has 6 heteroatoms. The van der Waals surface area contributed by atoms with Gasteiger partial charge in [-0.1, -0.05) is 24.3 Å². The molecule has 1 atom stereocenters. The average molecular weight is 409 g/mol. The molecular weight excluding hydrogens is 384 g/mol. The summed E-state index contributed by atoms with van der Waals surface area (Å²) in [4.78, 5) is 20.0. The Labute approximate surface area is 175 Å². The molecule has 1 amide bonds. The number of anilines is 2. The van der Waals surface area contributed by atoms with Gasteiger partial charge in [-0.05, 0) is 43.3 Å². The quantitative estimate of drug-likeness (QED) is 0.546. The van der Waals surface area contributed by atoms with Gasteiger partial charge in [-0.15, -0.1) is 11.3 Å². The molecule has 1 aliphatic heterocycles. The fourth-order valence-corrected chi connectivity index (χ4v) is 4.69. The van der Waals surface area contributed by atoms with Crippen LogP contribution in [0.3, 0.4) is 0 Å². The lowest BCUT2D eigenvalue weighted by atomic mass is 10.0. The minimum Gasteiger partial charge on any atom is -0.489 e. The molecule has 3 aromatic rings. The van der Waals surface area contributed by atoms with Crippen molar-refractivity contribution in [2.24, 2.45) is 0 Å². The van der Waals surface area contributed by atoms with Crippen molar-refractivity contribution in [2.75, 3.05) is 37.2 Å². The molecule has 1 unspecified atom stereocenters. The molecular formula is C23H24N2O3S. The lowest BCUT2D eigenvalue weighted by molar-refractivity contribution is 0.0968. The number of rotatable bonds is 6. The molecule has 0 bridgehead atoms. The van der Waals surface area contributed by atoms with Crippen molar-refractivity contribution in [1.29, 1.82) is 0 Å². The maximum absolute atomic E-state index is 13.7. The van der Waals surface area contributed by atoms with Gasteiger partial charge in [-0.2, -0.15) is 0 Å². The van der Waals surface area contributed by atoms with Crippen LogP contribution in [0.15, 0.2) is 60.7 Å². The number of aryl methyl sites for hydroxylation is 1. The number of hydrogen-bond donors (Lipinski definition) is 0. The van der Waals surface area contributed by atoms with Crippen LogP contribution >= 0.6 is 11.3 Å². The number of para-hydroxylation sites is 3. The highest BCUT2D eigenvalue weighted by atomic mass is 32.1. The molecule has 1 aromatic heterocycles. The first-order chi connectivity index (χ1) is 14.1. The molecule has 5 nitrogen and oxygen atoms in total. The Balaban J connectivity index is 1.84. The van der Waals surface area contributed by atoms with E-state index in [9.17, 15) is 4.79 Å². The van der Waals surface area contributed by atoms with Gasteiger partial charge in [0.15, 0.2) is 0 Å². The van der Waals surface area contributed by atoms with Gasteiger partial charge in [0.1, 0.15) is 18.5 Å². The second-order valence-electron chi connectivity index (χ2n) is 6.93. The van der Waals surface area contributed by atoms with E-state index < -0.39 is 0 Å². The highest BCUT2D eigenvalue weighted by molar-refractivity contribution is 7.12. The van der Waals surface area contributed by atoms with Crippen molar-refractivity contribution < 1.29 is 14.3 Å². The Morgan fingerprint density at radius 2 is 1.69 bits per heavy atom. The molecule has 29 heavy (non-hydrogen) atoms. The van der Waals surface area contributed by atoms with Crippen LogP contribution in [0, 0.1) is 6.92 Å². The fraction of sp³-hybridized carbons (Fsp3) is 0.261. The zero-order valence-electron chi connectivity index (χ0n) is 16.8. The molecule has 2 heterocycles. The lowest BCUT2D eigenvalue weighted by Crippen LogP contribution is -2.48. The van der Waals surface area contributed by atoms with Crippen molar-refractivity contribution in [3.8, 4) is 5.75 Å². The second-order valence-corrected chi connectivity index (χ2v) is 8.25. The molecule has 0 aliphatic carbocycles. The van der Waals surface area contributed by atoms with E-state index >= 15 is 0 Å². The van der Waals surface area contributed by atoms with E-state index in [0.717, 1.165) is 16.3 Å². The van der Waals surface area contributed by atoms with Crippen molar-refractivity contribution in [3.05, 3.63) is 76.0 Å². The highest BCUT2D eigenvalue weighted by Crippen LogP contribution is 2.44. The number of thiophene rings is 1. The summed E-state index contributed by atoms with van der Waals surface area (Å²) in [5.41, 5.74) is 2.37. The number of amides is 1. The van der Waals surface area contributed by atoms with Gasteiger partial charge in [-0.3, -0.25) is 9.69 Å². The first-order valence-corrected chi connectivity index (χ1v) is 10.4. The minimum absolute atomic E-state index is 0.0301. The third kappa shape index (κ3) is 3.61. The molecule has 1 aliphatic rings. The van der Waals surface area contributed by atoms with Gasteiger partial charge >= 0.3 is 0 Å². The van der Waals surface area contributed by atoms with E-state index in [2.05, 4.69) is 24.0 Å². The Morgan fingerprint density at radius 3 is 2.41 bits per heavy atom. The summed E-state index contributed by atoms with van der Waals surface area (Å²) in [6.07, 6.45) is -0.247. The highest BCUT2D eigenvalue weighted by Gasteiger charge is 2.39. The van der Waals surface area contributed by atoms with E-state index in [0.29, 0.717) is 24.5 Å². The Hall–Kier alpha value is -2.83.